The fourth-order valence-electron chi connectivity index (χ4n) is 1.85. The van der Waals surface area contributed by atoms with Crippen molar-refractivity contribution >= 4 is 5.78 Å². The molecule has 0 unspecified atom stereocenters. The van der Waals surface area contributed by atoms with Crippen LogP contribution in [0.4, 0.5) is 0 Å². The molecule has 0 bridgehead atoms. The van der Waals surface area contributed by atoms with Gasteiger partial charge in [-0.1, -0.05) is 38.1 Å². The third-order valence-electron chi connectivity index (χ3n) is 3.01. The predicted octanol–water partition coefficient (Wildman–Crippen LogP) is 3.63. The van der Waals surface area contributed by atoms with Gasteiger partial charge in [0.1, 0.15) is 0 Å². The van der Waals surface area contributed by atoms with E-state index in [-0.39, 0.29) is 5.78 Å². The summed E-state index contributed by atoms with van der Waals surface area (Å²) in [4.78, 5) is 15.9. The Hall–Kier alpha value is -1.96. The summed E-state index contributed by atoms with van der Waals surface area (Å²) in [6.45, 7) is 4.33. The van der Waals surface area contributed by atoms with Gasteiger partial charge in [0.2, 0.25) is 0 Å². The summed E-state index contributed by atoms with van der Waals surface area (Å²) in [5.41, 5.74) is 3.08. The van der Waals surface area contributed by atoms with Gasteiger partial charge in [-0.15, -0.1) is 0 Å². The first-order chi connectivity index (χ1) is 8.66. The van der Waals surface area contributed by atoms with Crippen LogP contribution in [0.2, 0.25) is 0 Å². The highest BCUT2D eigenvalue weighted by molar-refractivity contribution is 5.97. The molecule has 1 aromatic heterocycles. The monoisotopic (exact) mass is 239 g/mol. The number of aromatic nitrogens is 1. The Labute approximate surface area is 108 Å². The van der Waals surface area contributed by atoms with Gasteiger partial charge in [-0.25, -0.2) is 0 Å². The van der Waals surface area contributed by atoms with E-state index in [1.165, 1.54) is 5.56 Å². The number of benzene rings is 1. The molecule has 0 aliphatic carbocycles. The van der Waals surface area contributed by atoms with Crippen LogP contribution in [0.15, 0.2) is 48.8 Å². The Balaban J connectivity index is 2.08. The average molecular weight is 239 g/mol. The maximum absolute atomic E-state index is 12.0. The van der Waals surface area contributed by atoms with E-state index in [0.717, 1.165) is 11.1 Å². The van der Waals surface area contributed by atoms with Crippen LogP contribution < -0.4 is 0 Å². The largest absolute Gasteiger partial charge is 0.294 e. The van der Waals surface area contributed by atoms with E-state index < -0.39 is 0 Å². The molecule has 0 N–H and O–H groups in total. The average Bonchev–Trinajstić information content (AvgIpc) is 2.40. The molecule has 2 nitrogen and oxygen atoms in total. The first-order valence-electron chi connectivity index (χ1n) is 6.19. The molecule has 2 rings (SSSR count). The molecule has 2 heteroatoms. The molecule has 0 aliphatic heterocycles. The Kier molecular flexibility index (Phi) is 3.88. The van der Waals surface area contributed by atoms with Crippen molar-refractivity contribution < 1.29 is 4.79 Å². The number of carbonyl (C=O) groups excluding carboxylic acids is 1. The van der Waals surface area contributed by atoms with Crippen LogP contribution in [0.5, 0.6) is 0 Å². The van der Waals surface area contributed by atoms with Crippen molar-refractivity contribution in [2.75, 3.05) is 0 Å². The Bertz CT molecular complexity index is 515. The molecule has 0 aliphatic rings. The van der Waals surface area contributed by atoms with Gasteiger partial charge < -0.3 is 0 Å². The van der Waals surface area contributed by atoms with Crippen molar-refractivity contribution in [1.82, 2.24) is 4.98 Å². The second-order valence-corrected chi connectivity index (χ2v) is 4.73. The lowest BCUT2D eigenvalue weighted by atomic mass is 9.99. The zero-order chi connectivity index (χ0) is 13.0. The summed E-state index contributed by atoms with van der Waals surface area (Å²) in [6, 6.07) is 11.8. The SMILES string of the molecule is CC(C)c1ccc(CC(=O)c2ccncc2)cc1. The Morgan fingerprint density at radius 1 is 1.06 bits per heavy atom. The fraction of sp³-hybridized carbons (Fsp3) is 0.250. The van der Waals surface area contributed by atoms with Crippen LogP contribution in [0.1, 0.15) is 41.3 Å². The topological polar surface area (TPSA) is 30.0 Å². The van der Waals surface area contributed by atoms with Crippen molar-refractivity contribution in [1.29, 1.82) is 0 Å². The van der Waals surface area contributed by atoms with E-state index >= 15 is 0 Å². The van der Waals surface area contributed by atoms with Crippen molar-refractivity contribution in [2.45, 2.75) is 26.2 Å². The lowest BCUT2D eigenvalue weighted by molar-refractivity contribution is 0.0993. The molecule has 0 radical (unpaired) electrons. The molecule has 0 fully saturated rings. The maximum atomic E-state index is 12.0. The third-order valence-corrected chi connectivity index (χ3v) is 3.01. The van der Waals surface area contributed by atoms with Crippen LogP contribution in [0, 0.1) is 0 Å². The van der Waals surface area contributed by atoms with E-state index in [2.05, 4.69) is 31.0 Å². The van der Waals surface area contributed by atoms with Gasteiger partial charge in [-0.2, -0.15) is 0 Å². The molecule has 1 heterocycles. The molecule has 92 valence electrons. The minimum absolute atomic E-state index is 0.134. The molecular formula is C16H17NO. The Morgan fingerprint density at radius 3 is 2.22 bits per heavy atom. The van der Waals surface area contributed by atoms with Crippen LogP contribution >= 0.6 is 0 Å². The first kappa shape index (κ1) is 12.5. The van der Waals surface area contributed by atoms with Crippen LogP contribution in [-0.4, -0.2) is 10.8 Å². The number of carbonyl (C=O) groups is 1. The summed E-state index contributed by atoms with van der Waals surface area (Å²) in [6.07, 6.45) is 3.74. The summed E-state index contributed by atoms with van der Waals surface area (Å²) in [5, 5.41) is 0. The minimum Gasteiger partial charge on any atom is -0.294 e. The van der Waals surface area contributed by atoms with Gasteiger partial charge in [0.25, 0.3) is 0 Å². The van der Waals surface area contributed by atoms with E-state index in [1.807, 2.05) is 12.1 Å². The number of pyridine rings is 1. The molecule has 1 aromatic carbocycles. The molecular weight excluding hydrogens is 222 g/mol. The number of hydrogen-bond acceptors (Lipinski definition) is 2. The van der Waals surface area contributed by atoms with Gasteiger partial charge in [-0.05, 0) is 29.2 Å². The van der Waals surface area contributed by atoms with Gasteiger partial charge in [0, 0.05) is 24.4 Å². The zero-order valence-corrected chi connectivity index (χ0v) is 10.8. The van der Waals surface area contributed by atoms with E-state index in [0.29, 0.717) is 12.3 Å². The van der Waals surface area contributed by atoms with Crippen molar-refractivity contribution in [3.05, 3.63) is 65.5 Å². The number of nitrogens with zero attached hydrogens (tertiary/aromatic N) is 1. The minimum atomic E-state index is 0.134. The summed E-state index contributed by atoms with van der Waals surface area (Å²) in [7, 11) is 0. The standard InChI is InChI=1S/C16H17NO/c1-12(2)14-5-3-13(4-6-14)11-16(18)15-7-9-17-10-8-15/h3-10,12H,11H2,1-2H3. The van der Waals surface area contributed by atoms with Gasteiger partial charge >= 0.3 is 0 Å². The molecule has 2 aromatic rings. The second-order valence-electron chi connectivity index (χ2n) is 4.73. The fourth-order valence-corrected chi connectivity index (χ4v) is 1.85. The van der Waals surface area contributed by atoms with E-state index in [9.17, 15) is 4.79 Å². The van der Waals surface area contributed by atoms with Gasteiger partial charge in [-0.3, -0.25) is 9.78 Å². The molecule has 0 amide bonds. The van der Waals surface area contributed by atoms with Crippen LogP contribution in [0.25, 0.3) is 0 Å². The number of ketones is 1. The smallest absolute Gasteiger partial charge is 0.167 e. The number of hydrogen-bond donors (Lipinski definition) is 0. The summed E-state index contributed by atoms with van der Waals surface area (Å²) >= 11 is 0. The highest BCUT2D eigenvalue weighted by atomic mass is 16.1. The van der Waals surface area contributed by atoms with Crippen molar-refractivity contribution in [3.8, 4) is 0 Å². The van der Waals surface area contributed by atoms with Crippen molar-refractivity contribution in [2.24, 2.45) is 0 Å². The van der Waals surface area contributed by atoms with Crippen molar-refractivity contribution in [3.63, 3.8) is 0 Å². The predicted molar refractivity (Wildman–Crippen MR) is 72.8 cm³/mol. The van der Waals surface area contributed by atoms with Crippen LogP contribution in [0.3, 0.4) is 0 Å². The summed E-state index contributed by atoms with van der Waals surface area (Å²) in [5.74, 6) is 0.657. The molecule has 0 saturated carbocycles. The Morgan fingerprint density at radius 2 is 1.67 bits per heavy atom. The molecule has 18 heavy (non-hydrogen) atoms. The second kappa shape index (κ2) is 5.58. The first-order valence-corrected chi connectivity index (χ1v) is 6.19. The van der Waals surface area contributed by atoms with E-state index in [4.69, 9.17) is 0 Å². The highest BCUT2D eigenvalue weighted by Crippen LogP contribution is 2.15. The molecule has 0 spiro atoms. The van der Waals surface area contributed by atoms with Gasteiger partial charge in [0.05, 0.1) is 0 Å². The number of rotatable bonds is 4. The normalized spacial score (nSPS) is 10.6. The number of Topliss-reactive ketones (excluding diaryl/α,β-unsaturated/α-hetero) is 1. The lowest BCUT2D eigenvalue weighted by Crippen LogP contribution is -2.03. The third kappa shape index (κ3) is 3.04. The van der Waals surface area contributed by atoms with Crippen LogP contribution in [-0.2, 0) is 6.42 Å². The quantitative estimate of drug-likeness (QED) is 0.762. The van der Waals surface area contributed by atoms with Gasteiger partial charge in [0.15, 0.2) is 5.78 Å². The lowest BCUT2D eigenvalue weighted by Gasteiger charge is -2.06. The summed E-state index contributed by atoms with van der Waals surface area (Å²) < 4.78 is 0. The van der Waals surface area contributed by atoms with E-state index in [1.54, 1.807) is 24.5 Å². The molecule has 0 saturated heterocycles. The highest BCUT2D eigenvalue weighted by Gasteiger charge is 2.07. The zero-order valence-electron chi connectivity index (χ0n) is 10.8. The molecule has 0 atom stereocenters. The maximum Gasteiger partial charge on any atom is 0.167 e.